The molecule has 0 aliphatic heterocycles. The highest BCUT2D eigenvalue weighted by atomic mass is 15.1. The third kappa shape index (κ3) is 3.94. The number of aromatic nitrogens is 3. The Bertz CT molecular complexity index is 831. The minimum absolute atomic E-state index is 0.423. The molecule has 2 aromatic heterocycles. The highest BCUT2D eigenvalue weighted by Gasteiger charge is 2.28. The Morgan fingerprint density at radius 3 is 2.40 bits per heavy atom. The SMILES string of the molecule is CC(Nc1cc(Nc2ccncc2)nc(-c2ccccc2)n1)C1CC1. The van der Waals surface area contributed by atoms with E-state index < -0.39 is 0 Å². The van der Waals surface area contributed by atoms with Crippen LogP contribution in [0.5, 0.6) is 0 Å². The van der Waals surface area contributed by atoms with Crippen molar-refractivity contribution in [1.82, 2.24) is 15.0 Å². The zero-order chi connectivity index (χ0) is 17.1. The Hall–Kier alpha value is -2.95. The lowest BCUT2D eigenvalue weighted by molar-refractivity contribution is 0.690. The zero-order valence-electron chi connectivity index (χ0n) is 14.2. The highest BCUT2D eigenvalue weighted by molar-refractivity contribution is 5.65. The van der Waals surface area contributed by atoms with Gasteiger partial charge in [-0.3, -0.25) is 4.98 Å². The summed E-state index contributed by atoms with van der Waals surface area (Å²) in [6, 6.07) is 16.3. The van der Waals surface area contributed by atoms with Gasteiger partial charge in [-0.25, -0.2) is 9.97 Å². The molecule has 0 saturated heterocycles. The molecule has 1 unspecified atom stereocenters. The van der Waals surface area contributed by atoms with E-state index in [0.717, 1.165) is 28.8 Å². The molecule has 25 heavy (non-hydrogen) atoms. The molecule has 1 fully saturated rings. The molecule has 3 aromatic rings. The van der Waals surface area contributed by atoms with Crippen molar-refractivity contribution in [2.75, 3.05) is 10.6 Å². The lowest BCUT2D eigenvalue weighted by Gasteiger charge is -2.16. The van der Waals surface area contributed by atoms with E-state index in [1.54, 1.807) is 12.4 Å². The second-order valence-electron chi connectivity index (χ2n) is 6.46. The van der Waals surface area contributed by atoms with Gasteiger partial charge in [0, 0.05) is 35.8 Å². The monoisotopic (exact) mass is 331 g/mol. The Labute approximate surface area is 147 Å². The van der Waals surface area contributed by atoms with Crippen molar-refractivity contribution in [3.05, 3.63) is 60.9 Å². The third-order valence-corrected chi connectivity index (χ3v) is 4.42. The number of hydrogen-bond donors (Lipinski definition) is 2. The van der Waals surface area contributed by atoms with Crippen LogP contribution in [0.3, 0.4) is 0 Å². The Balaban J connectivity index is 1.66. The molecule has 4 rings (SSSR count). The van der Waals surface area contributed by atoms with Gasteiger partial charge >= 0.3 is 0 Å². The number of anilines is 3. The summed E-state index contributed by atoms with van der Waals surface area (Å²) in [5.41, 5.74) is 1.96. The van der Waals surface area contributed by atoms with Crippen LogP contribution in [0.4, 0.5) is 17.3 Å². The van der Waals surface area contributed by atoms with Crippen LogP contribution in [0, 0.1) is 5.92 Å². The molecule has 2 N–H and O–H groups in total. The second-order valence-corrected chi connectivity index (χ2v) is 6.46. The van der Waals surface area contributed by atoms with Gasteiger partial charge in [0.1, 0.15) is 11.6 Å². The first-order chi connectivity index (χ1) is 12.3. The van der Waals surface area contributed by atoms with Gasteiger partial charge in [0.15, 0.2) is 5.82 Å². The maximum Gasteiger partial charge on any atom is 0.163 e. The lowest BCUT2D eigenvalue weighted by Crippen LogP contribution is -2.18. The molecule has 1 aliphatic rings. The smallest absolute Gasteiger partial charge is 0.163 e. The van der Waals surface area contributed by atoms with Crippen molar-refractivity contribution < 1.29 is 0 Å². The molecule has 0 spiro atoms. The summed E-state index contributed by atoms with van der Waals surface area (Å²) in [5, 5.41) is 6.88. The van der Waals surface area contributed by atoms with E-state index in [9.17, 15) is 0 Å². The summed E-state index contributed by atoms with van der Waals surface area (Å²) < 4.78 is 0. The summed E-state index contributed by atoms with van der Waals surface area (Å²) in [7, 11) is 0. The van der Waals surface area contributed by atoms with Crippen LogP contribution in [0.1, 0.15) is 19.8 Å². The Morgan fingerprint density at radius 1 is 0.960 bits per heavy atom. The van der Waals surface area contributed by atoms with Crippen molar-refractivity contribution in [3.63, 3.8) is 0 Å². The van der Waals surface area contributed by atoms with Gasteiger partial charge in [-0.15, -0.1) is 0 Å². The molecular weight excluding hydrogens is 310 g/mol. The molecule has 0 bridgehead atoms. The van der Waals surface area contributed by atoms with Gasteiger partial charge < -0.3 is 10.6 Å². The van der Waals surface area contributed by atoms with Crippen LogP contribution in [-0.4, -0.2) is 21.0 Å². The van der Waals surface area contributed by atoms with Crippen LogP contribution in [-0.2, 0) is 0 Å². The average Bonchev–Trinajstić information content (AvgIpc) is 3.48. The molecule has 0 radical (unpaired) electrons. The van der Waals surface area contributed by atoms with Crippen molar-refractivity contribution >= 4 is 17.3 Å². The number of nitrogens with one attached hydrogen (secondary N) is 2. The summed E-state index contributed by atoms with van der Waals surface area (Å²) in [4.78, 5) is 13.5. The molecule has 5 heteroatoms. The number of nitrogens with zero attached hydrogens (tertiary/aromatic N) is 3. The van der Waals surface area contributed by atoms with Crippen molar-refractivity contribution in [3.8, 4) is 11.4 Å². The van der Waals surface area contributed by atoms with E-state index in [-0.39, 0.29) is 0 Å². The van der Waals surface area contributed by atoms with Crippen molar-refractivity contribution in [2.45, 2.75) is 25.8 Å². The van der Waals surface area contributed by atoms with E-state index in [4.69, 9.17) is 4.98 Å². The molecule has 1 aliphatic carbocycles. The molecule has 1 saturated carbocycles. The van der Waals surface area contributed by atoms with Gasteiger partial charge in [-0.2, -0.15) is 0 Å². The molecular formula is C20H21N5. The van der Waals surface area contributed by atoms with Gasteiger partial charge in [0.05, 0.1) is 0 Å². The van der Waals surface area contributed by atoms with Crippen LogP contribution < -0.4 is 10.6 Å². The number of hydrogen-bond acceptors (Lipinski definition) is 5. The predicted octanol–water partition coefficient (Wildman–Crippen LogP) is 4.49. The largest absolute Gasteiger partial charge is 0.367 e. The number of benzene rings is 1. The fraction of sp³-hybridized carbons (Fsp3) is 0.250. The van der Waals surface area contributed by atoms with E-state index in [0.29, 0.717) is 11.9 Å². The minimum Gasteiger partial charge on any atom is -0.367 e. The van der Waals surface area contributed by atoms with Crippen molar-refractivity contribution in [1.29, 1.82) is 0 Å². The van der Waals surface area contributed by atoms with Crippen molar-refractivity contribution in [2.24, 2.45) is 5.92 Å². The minimum atomic E-state index is 0.423. The zero-order valence-corrected chi connectivity index (χ0v) is 14.2. The van der Waals surface area contributed by atoms with Gasteiger partial charge in [-0.1, -0.05) is 30.3 Å². The van der Waals surface area contributed by atoms with Crippen LogP contribution >= 0.6 is 0 Å². The summed E-state index contributed by atoms with van der Waals surface area (Å²) in [6.45, 7) is 2.22. The van der Waals surface area contributed by atoms with Crippen LogP contribution in [0.25, 0.3) is 11.4 Å². The van der Waals surface area contributed by atoms with Crippen LogP contribution in [0.15, 0.2) is 60.9 Å². The fourth-order valence-corrected chi connectivity index (χ4v) is 2.83. The Kier molecular flexibility index (Phi) is 4.29. The molecule has 1 aromatic carbocycles. The predicted molar refractivity (Wildman–Crippen MR) is 101 cm³/mol. The molecule has 5 nitrogen and oxygen atoms in total. The first-order valence-corrected chi connectivity index (χ1v) is 8.66. The van der Waals surface area contributed by atoms with E-state index in [1.165, 1.54) is 12.8 Å². The average molecular weight is 331 g/mol. The first kappa shape index (κ1) is 15.6. The molecule has 2 heterocycles. The summed E-state index contributed by atoms with van der Waals surface area (Å²) >= 11 is 0. The number of rotatable bonds is 6. The van der Waals surface area contributed by atoms with Gasteiger partial charge in [0.25, 0.3) is 0 Å². The maximum absolute atomic E-state index is 4.72. The lowest BCUT2D eigenvalue weighted by atomic mass is 10.2. The maximum atomic E-state index is 4.72. The highest BCUT2D eigenvalue weighted by Crippen LogP contribution is 2.34. The summed E-state index contributed by atoms with van der Waals surface area (Å²) in [6.07, 6.45) is 6.12. The molecule has 1 atom stereocenters. The fourth-order valence-electron chi connectivity index (χ4n) is 2.83. The quantitative estimate of drug-likeness (QED) is 0.696. The van der Waals surface area contributed by atoms with Crippen LogP contribution in [0.2, 0.25) is 0 Å². The topological polar surface area (TPSA) is 62.7 Å². The Morgan fingerprint density at radius 2 is 1.68 bits per heavy atom. The molecule has 0 amide bonds. The standard InChI is InChI=1S/C20H21N5/c1-14(15-7-8-15)22-18-13-19(23-17-9-11-21-12-10-17)25-20(24-18)16-5-3-2-4-6-16/h2-6,9-15H,7-8H2,1H3,(H2,21,22,23,24,25). The van der Waals surface area contributed by atoms with E-state index in [2.05, 4.69) is 27.5 Å². The van der Waals surface area contributed by atoms with E-state index >= 15 is 0 Å². The third-order valence-electron chi connectivity index (χ3n) is 4.42. The first-order valence-electron chi connectivity index (χ1n) is 8.66. The molecule has 126 valence electrons. The normalized spacial score (nSPS) is 14.8. The van der Waals surface area contributed by atoms with Gasteiger partial charge in [0.2, 0.25) is 0 Å². The second kappa shape index (κ2) is 6.89. The number of pyridine rings is 1. The summed E-state index contributed by atoms with van der Waals surface area (Å²) in [5.74, 6) is 3.09. The van der Waals surface area contributed by atoms with Gasteiger partial charge in [-0.05, 0) is 37.8 Å². The van der Waals surface area contributed by atoms with E-state index in [1.807, 2.05) is 48.5 Å².